The zero-order valence-corrected chi connectivity index (χ0v) is 23.0. The zero-order chi connectivity index (χ0) is 28.5. The first kappa shape index (κ1) is 28.8. The number of pyridine rings is 1. The monoisotopic (exact) mass is 547 g/mol. The number of aromatic nitrogens is 1. The smallest absolute Gasteiger partial charge is 0.319 e. The third-order valence-electron chi connectivity index (χ3n) is 7.02. The molecule has 212 valence electrons. The van der Waals surface area contributed by atoms with E-state index in [0.29, 0.717) is 44.1 Å². The number of fused-ring (bicyclic) bond motifs is 1. The van der Waals surface area contributed by atoms with Crippen LogP contribution < -0.4 is 21.1 Å². The van der Waals surface area contributed by atoms with Crippen LogP contribution in [0.4, 0.5) is 5.82 Å². The first-order valence-corrected chi connectivity index (χ1v) is 13.6. The van der Waals surface area contributed by atoms with E-state index in [-0.39, 0.29) is 18.4 Å². The van der Waals surface area contributed by atoms with E-state index in [1.807, 2.05) is 55.5 Å². The van der Waals surface area contributed by atoms with E-state index in [1.165, 1.54) is 0 Å². The lowest BCUT2D eigenvalue weighted by Gasteiger charge is -2.29. The molecular formula is C30H37N5O5. The molecule has 4 rings (SSSR count). The summed E-state index contributed by atoms with van der Waals surface area (Å²) < 4.78 is 10.4. The predicted octanol–water partition coefficient (Wildman–Crippen LogP) is 2.59. The Balaban J connectivity index is 1.43. The highest BCUT2D eigenvalue weighted by atomic mass is 16.5. The predicted molar refractivity (Wildman–Crippen MR) is 152 cm³/mol. The zero-order valence-electron chi connectivity index (χ0n) is 23.0. The summed E-state index contributed by atoms with van der Waals surface area (Å²) in [6.45, 7) is 2.95. The van der Waals surface area contributed by atoms with E-state index in [9.17, 15) is 14.4 Å². The summed E-state index contributed by atoms with van der Waals surface area (Å²) in [6.07, 6.45) is 4.02. The van der Waals surface area contributed by atoms with Gasteiger partial charge in [-0.2, -0.15) is 0 Å². The van der Waals surface area contributed by atoms with Gasteiger partial charge in [-0.1, -0.05) is 31.2 Å². The molecule has 40 heavy (non-hydrogen) atoms. The minimum atomic E-state index is -0.699. The highest BCUT2D eigenvalue weighted by Crippen LogP contribution is 2.22. The lowest BCUT2D eigenvalue weighted by atomic mass is 10.0. The summed E-state index contributed by atoms with van der Waals surface area (Å²) in [5.41, 5.74) is 7.77. The van der Waals surface area contributed by atoms with E-state index in [2.05, 4.69) is 15.6 Å². The van der Waals surface area contributed by atoms with Gasteiger partial charge in [0.2, 0.25) is 11.8 Å². The van der Waals surface area contributed by atoms with Gasteiger partial charge in [-0.3, -0.25) is 19.7 Å². The molecule has 10 nitrogen and oxygen atoms in total. The van der Waals surface area contributed by atoms with E-state index >= 15 is 0 Å². The van der Waals surface area contributed by atoms with Crippen molar-refractivity contribution in [1.82, 2.24) is 20.5 Å². The van der Waals surface area contributed by atoms with Gasteiger partial charge in [0.05, 0.1) is 26.3 Å². The van der Waals surface area contributed by atoms with Crippen LogP contribution in [0.5, 0.6) is 5.75 Å². The molecule has 1 saturated heterocycles. The van der Waals surface area contributed by atoms with Crippen LogP contribution in [-0.4, -0.2) is 66.6 Å². The number of likely N-dealkylation sites (tertiary alicyclic amines) is 1. The summed E-state index contributed by atoms with van der Waals surface area (Å²) in [7, 11) is 1.59. The summed E-state index contributed by atoms with van der Waals surface area (Å²) in [4.78, 5) is 44.9. The van der Waals surface area contributed by atoms with Crippen LogP contribution in [-0.2, 0) is 32.1 Å². The minimum Gasteiger partial charge on any atom is -0.497 e. The standard InChI is InChI=1S/C30H37N5O5/c1-3-15-40-27(36)19-33-25(17-20-6-9-23(39-2)10-7-20)30(38)35-14-4-5-26(35)29(37)34-18-21-8-11-24-22(16-21)12-13-32-28(24)31/h6-13,16,25-26,33H,3-5,14-15,17-19H2,1-2H3,(H2,31,32)(H,34,37)/t25-,26?/m1/s1. The number of nitrogen functional groups attached to an aromatic ring is 1. The van der Waals surface area contributed by atoms with Crippen molar-refractivity contribution in [2.45, 2.75) is 51.2 Å². The number of nitrogens with one attached hydrogen (secondary N) is 2. The third kappa shape index (κ3) is 7.26. The van der Waals surface area contributed by atoms with Crippen LogP contribution in [0.1, 0.15) is 37.3 Å². The number of amides is 2. The van der Waals surface area contributed by atoms with Gasteiger partial charge in [-0.05, 0) is 66.5 Å². The molecule has 4 N–H and O–H groups in total. The minimum absolute atomic E-state index is 0.0980. The second-order valence-corrected chi connectivity index (χ2v) is 9.87. The Labute approximate surface area is 234 Å². The molecular weight excluding hydrogens is 510 g/mol. The number of carbonyl (C=O) groups is 3. The van der Waals surface area contributed by atoms with Crippen LogP contribution in [0.15, 0.2) is 54.7 Å². The van der Waals surface area contributed by atoms with E-state index < -0.39 is 18.1 Å². The topological polar surface area (TPSA) is 136 Å². The molecule has 2 heterocycles. The summed E-state index contributed by atoms with van der Waals surface area (Å²) in [5, 5.41) is 7.88. The van der Waals surface area contributed by atoms with Gasteiger partial charge < -0.3 is 25.4 Å². The molecule has 10 heteroatoms. The van der Waals surface area contributed by atoms with Gasteiger partial charge in [-0.15, -0.1) is 0 Å². The number of esters is 1. The molecule has 1 unspecified atom stereocenters. The summed E-state index contributed by atoms with van der Waals surface area (Å²) in [6, 6.07) is 13.8. The Kier molecular flexibility index (Phi) is 9.91. The molecule has 2 amide bonds. The number of hydrogen-bond donors (Lipinski definition) is 3. The number of methoxy groups -OCH3 is 1. The molecule has 0 radical (unpaired) electrons. The first-order valence-electron chi connectivity index (χ1n) is 13.6. The van der Waals surface area contributed by atoms with E-state index in [1.54, 1.807) is 18.2 Å². The van der Waals surface area contributed by atoms with E-state index in [0.717, 1.165) is 34.7 Å². The van der Waals surface area contributed by atoms with Gasteiger partial charge in [0, 0.05) is 24.7 Å². The van der Waals surface area contributed by atoms with Crippen molar-refractivity contribution >= 4 is 34.4 Å². The Morgan fingerprint density at radius 2 is 1.90 bits per heavy atom. The van der Waals surface area contributed by atoms with Crippen LogP contribution >= 0.6 is 0 Å². The SMILES string of the molecule is CCCOC(=O)CN[C@H](Cc1ccc(OC)cc1)C(=O)N1CCCC1C(=O)NCc1ccc2c(N)nccc2c1. The Morgan fingerprint density at radius 1 is 1.12 bits per heavy atom. The van der Waals surface area contributed by atoms with Gasteiger partial charge in [-0.25, -0.2) is 4.98 Å². The van der Waals surface area contributed by atoms with Crippen LogP contribution in [0, 0.1) is 0 Å². The second-order valence-electron chi connectivity index (χ2n) is 9.87. The number of hydrogen-bond acceptors (Lipinski definition) is 8. The highest BCUT2D eigenvalue weighted by Gasteiger charge is 2.37. The summed E-state index contributed by atoms with van der Waals surface area (Å²) >= 11 is 0. The Hall–Kier alpha value is -4.18. The fourth-order valence-electron chi connectivity index (χ4n) is 4.89. The average molecular weight is 548 g/mol. The van der Waals surface area contributed by atoms with Gasteiger partial charge in [0.1, 0.15) is 17.6 Å². The van der Waals surface area contributed by atoms with Crippen molar-refractivity contribution in [3.8, 4) is 5.75 Å². The molecule has 0 spiro atoms. The number of anilines is 1. The molecule has 0 bridgehead atoms. The van der Waals surface area contributed by atoms with Gasteiger partial charge in [0.25, 0.3) is 0 Å². The number of ether oxygens (including phenoxy) is 2. The van der Waals surface area contributed by atoms with Crippen molar-refractivity contribution in [2.75, 3.05) is 32.5 Å². The number of rotatable bonds is 12. The quantitative estimate of drug-likeness (QED) is 0.295. The Morgan fingerprint density at radius 3 is 2.65 bits per heavy atom. The number of carbonyl (C=O) groups excluding carboxylic acids is 3. The maximum absolute atomic E-state index is 13.8. The second kappa shape index (κ2) is 13.7. The maximum atomic E-state index is 13.8. The molecule has 1 aliphatic rings. The fraction of sp³-hybridized carbons (Fsp3) is 0.400. The normalized spacial score (nSPS) is 15.6. The van der Waals surface area contributed by atoms with Crippen LogP contribution in [0.25, 0.3) is 10.8 Å². The molecule has 2 atom stereocenters. The molecule has 1 fully saturated rings. The van der Waals surface area contributed by atoms with E-state index in [4.69, 9.17) is 15.2 Å². The molecule has 1 aromatic heterocycles. The number of benzene rings is 2. The number of nitrogens with two attached hydrogens (primary N) is 1. The molecule has 0 aliphatic carbocycles. The fourth-order valence-corrected chi connectivity index (χ4v) is 4.89. The van der Waals surface area contributed by atoms with Crippen molar-refractivity contribution in [2.24, 2.45) is 0 Å². The molecule has 2 aromatic carbocycles. The lowest BCUT2D eigenvalue weighted by Crippen LogP contribution is -2.53. The molecule has 0 saturated carbocycles. The molecule has 3 aromatic rings. The maximum Gasteiger partial charge on any atom is 0.319 e. The lowest BCUT2D eigenvalue weighted by molar-refractivity contribution is -0.144. The van der Waals surface area contributed by atoms with Crippen molar-refractivity contribution in [1.29, 1.82) is 0 Å². The Bertz CT molecular complexity index is 1330. The average Bonchev–Trinajstić information content (AvgIpc) is 3.47. The van der Waals surface area contributed by atoms with Crippen molar-refractivity contribution in [3.05, 3.63) is 65.9 Å². The third-order valence-corrected chi connectivity index (χ3v) is 7.02. The van der Waals surface area contributed by atoms with Gasteiger partial charge in [0.15, 0.2) is 0 Å². The highest BCUT2D eigenvalue weighted by molar-refractivity contribution is 5.92. The number of nitrogens with zero attached hydrogens (tertiary/aromatic N) is 2. The summed E-state index contributed by atoms with van der Waals surface area (Å²) in [5.74, 6) is 0.337. The van der Waals surface area contributed by atoms with Crippen LogP contribution in [0.3, 0.4) is 0 Å². The first-order chi connectivity index (χ1) is 19.4. The largest absolute Gasteiger partial charge is 0.497 e. The van der Waals surface area contributed by atoms with Gasteiger partial charge >= 0.3 is 5.97 Å². The molecule has 1 aliphatic heterocycles. The van der Waals surface area contributed by atoms with Crippen molar-refractivity contribution < 1.29 is 23.9 Å². The van der Waals surface area contributed by atoms with Crippen molar-refractivity contribution in [3.63, 3.8) is 0 Å². The van der Waals surface area contributed by atoms with Crippen LogP contribution in [0.2, 0.25) is 0 Å².